The van der Waals surface area contributed by atoms with Crippen LogP contribution in [0.25, 0.3) is 0 Å². The van der Waals surface area contributed by atoms with Crippen LogP contribution in [0.4, 0.5) is 4.39 Å². The molecule has 0 spiro atoms. The second-order valence-corrected chi connectivity index (χ2v) is 5.04. The fourth-order valence-corrected chi connectivity index (χ4v) is 2.14. The standard InChI is InChI=1S/C15H25FN2/c1-4-5-8-13(17)11-18(3)12(2)14-9-6-7-10-15(14)16/h6-7,9-10,12-13H,4-5,8,11,17H2,1-3H3. The van der Waals surface area contributed by atoms with Gasteiger partial charge in [0.2, 0.25) is 0 Å². The molecule has 102 valence electrons. The van der Waals surface area contributed by atoms with E-state index in [1.54, 1.807) is 6.07 Å². The van der Waals surface area contributed by atoms with E-state index in [4.69, 9.17) is 5.73 Å². The molecule has 0 amide bonds. The number of rotatable bonds is 7. The Bertz CT molecular complexity index is 354. The van der Waals surface area contributed by atoms with Gasteiger partial charge in [-0.05, 0) is 26.5 Å². The number of nitrogens with two attached hydrogens (primary N) is 1. The Kier molecular flexibility index (Phi) is 6.30. The fraction of sp³-hybridized carbons (Fsp3) is 0.600. The SMILES string of the molecule is CCCCC(N)CN(C)C(C)c1ccccc1F. The second kappa shape index (κ2) is 7.49. The van der Waals surface area contributed by atoms with Crippen LogP contribution in [0.1, 0.15) is 44.7 Å². The van der Waals surface area contributed by atoms with Gasteiger partial charge in [0.1, 0.15) is 5.82 Å². The molecule has 2 atom stereocenters. The molecule has 0 saturated heterocycles. The van der Waals surface area contributed by atoms with Crippen molar-refractivity contribution in [3.8, 4) is 0 Å². The van der Waals surface area contributed by atoms with Crippen molar-refractivity contribution in [1.82, 2.24) is 4.90 Å². The largest absolute Gasteiger partial charge is 0.327 e. The molecule has 0 aliphatic rings. The van der Waals surface area contributed by atoms with Crippen molar-refractivity contribution in [2.24, 2.45) is 5.73 Å². The van der Waals surface area contributed by atoms with Crippen LogP contribution in [0.3, 0.4) is 0 Å². The van der Waals surface area contributed by atoms with Gasteiger partial charge in [0.05, 0.1) is 0 Å². The summed E-state index contributed by atoms with van der Waals surface area (Å²) in [5, 5.41) is 0. The molecule has 2 nitrogen and oxygen atoms in total. The minimum atomic E-state index is -0.140. The van der Waals surface area contributed by atoms with Crippen molar-refractivity contribution in [2.45, 2.75) is 45.2 Å². The summed E-state index contributed by atoms with van der Waals surface area (Å²) in [6.07, 6.45) is 3.36. The summed E-state index contributed by atoms with van der Waals surface area (Å²) in [6, 6.07) is 7.17. The molecular weight excluding hydrogens is 227 g/mol. The van der Waals surface area contributed by atoms with Crippen molar-refractivity contribution < 1.29 is 4.39 Å². The molecule has 1 aromatic carbocycles. The monoisotopic (exact) mass is 252 g/mol. The minimum Gasteiger partial charge on any atom is -0.327 e. The van der Waals surface area contributed by atoms with Gasteiger partial charge in [0, 0.05) is 24.2 Å². The van der Waals surface area contributed by atoms with Crippen molar-refractivity contribution >= 4 is 0 Å². The highest BCUT2D eigenvalue weighted by Crippen LogP contribution is 2.21. The molecular formula is C15H25FN2. The quantitative estimate of drug-likeness (QED) is 0.806. The summed E-state index contributed by atoms with van der Waals surface area (Å²) in [5.41, 5.74) is 6.82. The highest BCUT2D eigenvalue weighted by atomic mass is 19.1. The first-order valence-electron chi connectivity index (χ1n) is 6.76. The molecule has 1 rings (SSSR count). The number of benzene rings is 1. The van der Waals surface area contributed by atoms with Crippen LogP contribution in [0.2, 0.25) is 0 Å². The molecule has 0 aliphatic heterocycles. The van der Waals surface area contributed by atoms with Crippen molar-refractivity contribution in [1.29, 1.82) is 0 Å². The van der Waals surface area contributed by atoms with E-state index in [-0.39, 0.29) is 17.9 Å². The smallest absolute Gasteiger partial charge is 0.127 e. The molecule has 0 saturated carbocycles. The Balaban J connectivity index is 2.56. The van der Waals surface area contributed by atoms with Crippen LogP contribution in [-0.2, 0) is 0 Å². The first-order chi connectivity index (χ1) is 8.56. The van der Waals surface area contributed by atoms with Gasteiger partial charge in [0.25, 0.3) is 0 Å². The predicted molar refractivity (Wildman–Crippen MR) is 74.9 cm³/mol. The van der Waals surface area contributed by atoms with E-state index in [0.29, 0.717) is 0 Å². The van der Waals surface area contributed by atoms with Gasteiger partial charge in [-0.15, -0.1) is 0 Å². The summed E-state index contributed by atoms with van der Waals surface area (Å²) in [4.78, 5) is 2.12. The molecule has 18 heavy (non-hydrogen) atoms. The maximum absolute atomic E-state index is 13.7. The number of hydrogen-bond donors (Lipinski definition) is 1. The third-order valence-corrected chi connectivity index (χ3v) is 3.47. The highest BCUT2D eigenvalue weighted by molar-refractivity contribution is 5.20. The summed E-state index contributed by atoms with van der Waals surface area (Å²) >= 11 is 0. The van der Waals surface area contributed by atoms with Gasteiger partial charge in [-0.3, -0.25) is 4.90 Å². The molecule has 0 radical (unpaired) electrons. The molecule has 0 fully saturated rings. The summed E-state index contributed by atoms with van der Waals surface area (Å²) < 4.78 is 13.7. The molecule has 1 aromatic rings. The van der Waals surface area contributed by atoms with Gasteiger partial charge in [-0.25, -0.2) is 4.39 Å². The number of nitrogens with zero attached hydrogens (tertiary/aromatic N) is 1. The van der Waals surface area contributed by atoms with Crippen molar-refractivity contribution in [2.75, 3.05) is 13.6 Å². The molecule has 0 aliphatic carbocycles. The lowest BCUT2D eigenvalue weighted by Crippen LogP contribution is -2.36. The Hall–Kier alpha value is -0.930. The van der Waals surface area contributed by atoms with E-state index in [0.717, 1.165) is 24.9 Å². The molecule has 3 heteroatoms. The van der Waals surface area contributed by atoms with Gasteiger partial charge in [0.15, 0.2) is 0 Å². The summed E-state index contributed by atoms with van der Waals surface area (Å²) in [6.45, 7) is 4.98. The zero-order chi connectivity index (χ0) is 13.5. The second-order valence-electron chi connectivity index (χ2n) is 5.04. The normalized spacial score (nSPS) is 14.8. The van der Waals surface area contributed by atoms with Crippen LogP contribution in [0, 0.1) is 5.82 Å². The van der Waals surface area contributed by atoms with Crippen LogP contribution in [-0.4, -0.2) is 24.5 Å². The Morgan fingerprint density at radius 3 is 2.61 bits per heavy atom. The first-order valence-corrected chi connectivity index (χ1v) is 6.76. The number of halogens is 1. The lowest BCUT2D eigenvalue weighted by Gasteiger charge is -2.28. The molecule has 0 heterocycles. The molecule has 0 bridgehead atoms. The van der Waals surface area contributed by atoms with Crippen LogP contribution in [0.15, 0.2) is 24.3 Å². The highest BCUT2D eigenvalue weighted by Gasteiger charge is 2.17. The maximum atomic E-state index is 13.7. The summed E-state index contributed by atoms with van der Waals surface area (Å²) in [7, 11) is 2.00. The van der Waals surface area contributed by atoms with Gasteiger partial charge in [-0.2, -0.15) is 0 Å². The van der Waals surface area contributed by atoms with E-state index < -0.39 is 0 Å². The number of hydrogen-bond acceptors (Lipinski definition) is 2. The van der Waals surface area contributed by atoms with E-state index in [1.165, 1.54) is 12.5 Å². The number of unbranched alkanes of at least 4 members (excludes halogenated alkanes) is 1. The lowest BCUT2D eigenvalue weighted by atomic mass is 10.0. The van der Waals surface area contributed by atoms with Crippen molar-refractivity contribution in [3.63, 3.8) is 0 Å². The number of likely N-dealkylation sites (N-methyl/N-ethyl adjacent to an activating group) is 1. The van der Waals surface area contributed by atoms with Crippen molar-refractivity contribution in [3.05, 3.63) is 35.6 Å². The third kappa shape index (κ3) is 4.39. The first kappa shape index (κ1) is 15.1. The minimum absolute atomic E-state index is 0.0545. The Morgan fingerprint density at radius 2 is 2.00 bits per heavy atom. The summed E-state index contributed by atoms with van der Waals surface area (Å²) in [5.74, 6) is -0.140. The van der Waals surface area contributed by atoms with Gasteiger partial charge in [-0.1, -0.05) is 38.0 Å². The van der Waals surface area contributed by atoms with Crippen LogP contribution >= 0.6 is 0 Å². The van der Waals surface area contributed by atoms with Crippen LogP contribution < -0.4 is 5.73 Å². The van der Waals surface area contributed by atoms with E-state index >= 15 is 0 Å². The Labute approximate surface area is 110 Å². The topological polar surface area (TPSA) is 29.3 Å². The molecule has 2 unspecified atom stereocenters. The van der Waals surface area contributed by atoms with E-state index in [9.17, 15) is 4.39 Å². The average Bonchev–Trinajstić information content (AvgIpc) is 2.36. The zero-order valence-corrected chi connectivity index (χ0v) is 11.7. The average molecular weight is 252 g/mol. The van der Waals surface area contributed by atoms with Crippen LogP contribution in [0.5, 0.6) is 0 Å². The predicted octanol–water partition coefficient (Wildman–Crippen LogP) is 3.34. The zero-order valence-electron chi connectivity index (χ0n) is 11.7. The lowest BCUT2D eigenvalue weighted by molar-refractivity contribution is 0.236. The van der Waals surface area contributed by atoms with E-state index in [1.807, 2.05) is 26.1 Å². The van der Waals surface area contributed by atoms with E-state index in [2.05, 4.69) is 11.8 Å². The maximum Gasteiger partial charge on any atom is 0.127 e. The Morgan fingerprint density at radius 1 is 1.33 bits per heavy atom. The molecule has 0 aromatic heterocycles. The van der Waals surface area contributed by atoms with Gasteiger partial charge >= 0.3 is 0 Å². The van der Waals surface area contributed by atoms with Gasteiger partial charge < -0.3 is 5.73 Å². The molecule has 2 N–H and O–H groups in total. The third-order valence-electron chi connectivity index (χ3n) is 3.47. The fourth-order valence-electron chi connectivity index (χ4n) is 2.14.